The van der Waals surface area contributed by atoms with Crippen LogP contribution >= 0.6 is 23.1 Å². The lowest BCUT2D eigenvalue weighted by Crippen LogP contribution is -2.44. The van der Waals surface area contributed by atoms with Crippen LogP contribution in [0.3, 0.4) is 0 Å². The molecule has 1 amide bonds. The van der Waals surface area contributed by atoms with E-state index in [-0.39, 0.29) is 5.91 Å². The first-order valence-corrected chi connectivity index (χ1v) is 9.46. The molecule has 3 rings (SSSR count). The first-order valence-electron chi connectivity index (χ1n) is 7.65. The highest BCUT2D eigenvalue weighted by atomic mass is 32.2. The zero-order chi connectivity index (χ0) is 16.1. The monoisotopic (exact) mass is 349 g/mol. The smallest absolute Gasteiger partial charge is 0.237 e. The number of thioether (sulfide) groups is 1. The maximum atomic E-state index is 13.0. The third-order valence-corrected chi connectivity index (χ3v) is 5.86. The Bertz CT molecular complexity index is 654. The van der Waals surface area contributed by atoms with Gasteiger partial charge in [0.1, 0.15) is 0 Å². The Morgan fingerprint density at radius 1 is 1.30 bits per heavy atom. The molecule has 2 aromatic rings. The number of aromatic nitrogens is 2. The van der Waals surface area contributed by atoms with Crippen molar-refractivity contribution in [3.63, 3.8) is 0 Å². The number of nitrogens with zero attached hydrogens (tertiary/aromatic N) is 2. The van der Waals surface area contributed by atoms with E-state index in [4.69, 9.17) is 4.74 Å². The van der Waals surface area contributed by atoms with Gasteiger partial charge in [0.05, 0.1) is 5.41 Å². The lowest BCUT2D eigenvalue weighted by molar-refractivity contribution is -0.125. The number of ether oxygens (including phenoxy) is 1. The van der Waals surface area contributed by atoms with E-state index in [0.29, 0.717) is 31.2 Å². The zero-order valence-corrected chi connectivity index (χ0v) is 14.6. The van der Waals surface area contributed by atoms with E-state index in [1.807, 2.05) is 30.3 Å². The quantitative estimate of drug-likeness (QED) is 0.662. The van der Waals surface area contributed by atoms with Gasteiger partial charge >= 0.3 is 0 Å². The molecule has 0 aliphatic carbocycles. The summed E-state index contributed by atoms with van der Waals surface area (Å²) in [6.07, 6.45) is 1.36. The molecule has 1 aliphatic rings. The third kappa shape index (κ3) is 3.57. The lowest BCUT2D eigenvalue weighted by Gasteiger charge is -2.35. The molecule has 0 saturated carbocycles. The maximum absolute atomic E-state index is 13.0. The summed E-state index contributed by atoms with van der Waals surface area (Å²) < 4.78 is 6.35. The number of benzene rings is 1. The van der Waals surface area contributed by atoms with Crippen LogP contribution in [0.1, 0.15) is 25.3 Å². The molecule has 0 unspecified atom stereocenters. The SMILES string of the molecule is CCSc1nnc(NC(=O)C2(c3ccccc3)CCOCC2)s1. The van der Waals surface area contributed by atoms with E-state index in [1.165, 1.54) is 11.3 Å². The fourth-order valence-electron chi connectivity index (χ4n) is 2.78. The van der Waals surface area contributed by atoms with Gasteiger partial charge in [0.2, 0.25) is 11.0 Å². The van der Waals surface area contributed by atoms with Crippen LogP contribution in [-0.4, -0.2) is 35.1 Å². The number of hydrogen-bond donors (Lipinski definition) is 1. The van der Waals surface area contributed by atoms with Crippen LogP contribution in [0, 0.1) is 0 Å². The van der Waals surface area contributed by atoms with Crippen molar-refractivity contribution in [3.05, 3.63) is 35.9 Å². The minimum Gasteiger partial charge on any atom is -0.381 e. The highest BCUT2D eigenvalue weighted by molar-refractivity contribution is 8.01. The summed E-state index contributed by atoms with van der Waals surface area (Å²) in [5.74, 6) is 0.921. The molecule has 1 saturated heterocycles. The molecule has 0 radical (unpaired) electrons. The molecule has 1 aliphatic heterocycles. The standard InChI is InChI=1S/C16H19N3O2S2/c1-2-22-15-19-18-14(23-15)17-13(20)16(8-10-21-11-9-16)12-6-4-3-5-7-12/h3-7H,2,8-11H2,1H3,(H,17,18,20). The van der Waals surface area contributed by atoms with Crippen LogP contribution in [0.4, 0.5) is 5.13 Å². The Morgan fingerprint density at radius 2 is 2.04 bits per heavy atom. The van der Waals surface area contributed by atoms with Gasteiger partial charge in [-0.25, -0.2) is 0 Å². The van der Waals surface area contributed by atoms with Gasteiger partial charge in [-0.05, 0) is 24.2 Å². The van der Waals surface area contributed by atoms with Crippen LogP contribution < -0.4 is 5.32 Å². The number of nitrogens with one attached hydrogen (secondary N) is 1. The molecule has 0 bridgehead atoms. The van der Waals surface area contributed by atoms with Gasteiger partial charge in [0, 0.05) is 13.2 Å². The molecule has 23 heavy (non-hydrogen) atoms. The fourth-order valence-corrected chi connectivity index (χ4v) is 4.43. The minimum absolute atomic E-state index is 0.0174. The van der Waals surface area contributed by atoms with E-state index < -0.39 is 5.41 Å². The first kappa shape index (κ1) is 16.4. The fraction of sp³-hybridized carbons (Fsp3) is 0.438. The van der Waals surface area contributed by atoms with Gasteiger partial charge in [-0.3, -0.25) is 10.1 Å². The minimum atomic E-state index is -0.552. The van der Waals surface area contributed by atoms with Gasteiger partial charge in [0.25, 0.3) is 0 Å². The number of anilines is 1. The lowest BCUT2D eigenvalue weighted by atomic mass is 9.73. The van der Waals surface area contributed by atoms with Crippen LogP contribution in [0.2, 0.25) is 0 Å². The summed E-state index contributed by atoms with van der Waals surface area (Å²) in [5, 5.41) is 11.7. The highest BCUT2D eigenvalue weighted by Crippen LogP contribution is 2.36. The Kier molecular flexibility index (Phi) is 5.30. The van der Waals surface area contributed by atoms with E-state index >= 15 is 0 Å². The number of rotatable bonds is 5. The average Bonchev–Trinajstić information content (AvgIpc) is 3.04. The average molecular weight is 349 g/mol. The summed E-state index contributed by atoms with van der Waals surface area (Å²) >= 11 is 3.05. The second kappa shape index (κ2) is 7.42. The number of carbonyl (C=O) groups excluding carboxylic acids is 1. The Labute approximate surface area is 143 Å². The molecule has 122 valence electrons. The van der Waals surface area contributed by atoms with Gasteiger partial charge in [0.15, 0.2) is 4.34 Å². The van der Waals surface area contributed by atoms with E-state index in [9.17, 15) is 4.79 Å². The summed E-state index contributed by atoms with van der Waals surface area (Å²) in [4.78, 5) is 13.0. The topological polar surface area (TPSA) is 64.1 Å². The Balaban J connectivity index is 1.83. The van der Waals surface area contributed by atoms with E-state index in [2.05, 4.69) is 22.4 Å². The normalized spacial score (nSPS) is 16.9. The van der Waals surface area contributed by atoms with Crippen molar-refractivity contribution in [1.82, 2.24) is 10.2 Å². The van der Waals surface area contributed by atoms with Gasteiger partial charge in [-0.1, -0.05) is 60.4 Å². The summed E-state index contributed by atoms with van der Waals surface area (Å²) in [5.41, 5.74) is 0.483. The van der Waals surface area contributed by atoms with Crippen molar-refractivity contribution in [2.75, 3.05) is 24.3 Å². The molecule has 1 fully saturated rings. The largest absolute Gasteiger partial charge is 0.381 e. The number of hydrogen-bond acceptors (Lipinski definition) is 6. The molecule has 1 aromatic heterocycles. The molecule has 0 spiro atoms. The van der Waals surface area contributed by atoms with Gasteiger partial charge < -0.3 is 4.74 Å². The van der Waals surface area contributed by atoms with Crippen LogP contribution in [0.15, 0.2) is 34.7 Å². The summed E-state index contributed by atoms with van der Waals surface area (Å²) in [6.45, 7) is 3.25. The maximum Gasteiger partial charge on any atom is 0.237 e. The van der Waals surface area contributed by atoms with Crippen LogP contribution in [0.5, 0.6) is 0 Å². The van der Waals surface area contributed by atoms with Crippen molar-refractivity contribution >= 4 is 34.1 Å². The van der Waals surface area contributed by atoms with Gasteiger partial charge in [-0.15, -0.1) is 10.2 Å². The van der Waals surface area contributed by atoms with Crippen molar-refractivity contribution in [1.29, 1.82) is 0 Å². The molecule has 2 heterocycles. The Morgan fingerprint density at radius 3 is 2.74 bits per heavy atom. The predicted octanol–water partition coefficient (Wildman–Crippen LogP) is 3.34. The second-order valence-electron chi connectivity index (χ2n) is 5.32. The molecule has 0 atom stereocenters. The number of amides is 1. The molecule has 1 N–H and O–H groups in total. The van der Waals surface area contributed by atoms with Crippen molar-refractivity contribution < 1.29 is 9.53 Å². The highest BCUT2D eigenvalue weighted by Gasteiger charge is 2.42. The molecule has 7 heteroatoms. The molecule has 5 nitrogen and oxygen atoms in total. The van der Waals surface area contributed by atoms with Crippen LogP contribution in [0.25, 0.3) is 0 Å². The molecular weight excluding hydrogens is 330 g/mol. The summed E-state index contributed by atoms with van der Waals surface area (Å²) in [6, 6.07) is 9.95. The molecular formula is C16H19N3O2S2. The van der Waals surface area contributed by atoms with E-state index in [1.54, 1.807) is 11.8 Å². The van der Waals surface area contributed by atoms with Crippen LogP contribution in [-0.2, 0) is 14.9 Å². The number of carbonyl (C=O) groups is 1. The third-order valence-electron chi connectivity index (χ3n) is 4.00. The zero-order valence-electron chi connectivity index (χ0n) is 12.9. The Hall–Kier alpha value is -1.44. The van der Waals surface area contributed by atoms with E-state index in [0.717, 1.165) is 15.7 Å². The molecule has 1 aromatic carbocycles. The van der Waals surface area contributed by atoms with Gasteiger partial charge in [-0.2, -0.15) is 0 Å². The second-order valence-corrected chi connectivity index (χ2v) is 7.81. The van der Waals surface area contributed by atoms with Crippen molar-refractivity contribution in [2.24, 2.45) is 0 Å². The summed E-state index contributed by atoms with van der Waals surface area (Å²) in [7, 11) is 0. The predicted molar refractivity (Wildman–Crippen MR) is 93.1 cm³/mol. The first-order chi connectivity index (χ1) is 11.2. The van der Waals surface area contributed by atoms with Crippen molar-refractivity contribution in [3.8, 4) is 0 Å². The van der Waals surface area contributed by atoms with Crippen molar-refractivity contribution in [2.45, 2.75) is 29.5 Å².